The average Bonchev–Trinajstić information content (AvgIpc) is 0. The van der Waals surface area contributed by atoms with E-state index in [0.717, 1.165) is 0 Å². The van der Waals surface area contributed by atoms with Crippen LogP contribution in [-0.4, -0.2) is 11.0 Å². The van der Waals surface area contributed by atoms with Gasteiger partial charge in [0.2, 0.25) is 0 Å². The molecule has 0 aliphatic rings. The van der Waals surface area contributed by atoms with Crippen LogP contribution in [0.4, 0.5) is 0 Å². The fourth-order valence-corrected chi connectivity index (χ4v) is 0. The Morgan fingerprint density at radius 2 is 0.600 bits per heavy atom. The Kier molecular flexibility index (Phi) is 1050. The van der Waals surface area contributed by atoms with Gasteiger partial charge in [-0.2, -0.15) is 0 Å². The van der Waals surface area contributed by atoms with Crippen molar-refractivity contribution in [3.05, 3.63) is 0 Å². The standard InChI is InChI=1S/2ClH.2H2O.Zr/h2*1H;2*1H2;/q;;;;+2/p-2. The van der Waals surface area contributed by atoms with Crippen LogP contribution in [0.15, 0.2) is 0 Å². The normalized spacial score (nSPS) is 0. The van der Waals surface area contributed by atoms with Gasteiger partial charge in [-0.05, 0) is 0 Å². The van der Waals surface area contributed by atoms with Gasteiger partial charge in [-0.1, -0.05) is 0 Å². The molecule has 0 unspecified atom stereocenters. The van der Waals surface area contributed by atoms with Crippen LogP contribution in [0.2, 0.25) is 0 Å². The summed E-state index contributed by atoms with van der Waals surface area (Å²) in [5.74, 6) is 0. The fraction of sp³-hybridized carbons (Fsp3) is 0. The largest absolute Gasteiger partial charge is 2.00 e. The Labute approximate surface area is 61.9 Å². The minimum Gasteiger partial charge on any atom is -1.00 e. The van der Waals surface area contributed by atoms with E-state index in [-0.39, 0.29) is 62.0 Å². The molecular weight excluding hydrogens is 194 g/mol. The minimum absolute atomic E-state index is 0. The maximum atomic E-state index is 0. The molecule has 4 N–H and O–H groups in total. The molecule has 0 aliphatic carbocycles. The summed E-state index contributed by atoms with van der Waals surface area (Å²) in [4.78, 5) is 0. The van der Waals surface area contributed by atoms with Crippen molar-refractivity contribution >= 4 is 0 Å². The van der Waals surface area contributed by atoms with Crippen molar-refractivity contribution < 1.29 is 62.0 Å². The molecule has 0 atom stereocenters. The van der Waals surface area contributed by atoms with Gasteiger partial charge < -0.3 is 35.8 Å². The van der Waals surface area contributed by atoms with Crippen LogP contribution in [0.1, 0.15) is 0 Å². The first-order valence-electron chi connectivity index (χ1n) is 0. The van der Waals surface area contributed by atoms with Crippen LogP contribution in [0.25, 0.3) is 0 Å². The quantitative estimate of drug-likeness (QED) is 0.371. The van der Waals surface area contributed by atoms with Crippen LogP contribution in [-0.2, 0) is 26.2 Å². The molecule has 0 rings (SSSR count). The molecule has 0 amide bonds. The second-order valence-electron chi connectivity index (χ2n) is 0. The molecule has 5 heavy (non-hydrogen) atoms. The molecule has 5 heteroatoms. The van der Waals surface area contributed by atoms with Crippen molar-refractivity contribution in [1.29, 1.82) is 0 Å². The van der Waals surface area contributed by atoms with Crippen molar-refractivity contribution in [2.75, 3.05) is 0 Å². The Morgan fingerprint density at radius 1 is 0.600 bits per heavy atom. The maximum absolute atomic E-state index is 0. The molecule has 2 nitrogen and oxygen atoms in total. The second kappa shape index (κ2) is 54.1. The predicted octanol–water partition coefficient (Wildman–Crippen LogP) is -7.64. The van der Waals surface area contributed by atoms with Crippen LogP contribution in [0.3, 0.4) is 0 Å². The zero-order valence-corrected chi connectivity index (χ0v) is 6.23. The van der Waals surface area contributed by atoms with E-state index in [0.29, 0.717) is 0 Å². The van der Waals surface area contributed by atoms with Crippen molar-refractivity contribution in [2.24, 2.45) is 0 Å². The van der Waals surface area contributed by atoms with E-state index in [1.165, 1.54) is 0 Å². The van der Waals surface area contributed by atoms with Crippen molar-refractivity contribution in [3.8, 4) is 0 Å². The van der Waals surface area contributed by atoms with Gasteiger partial charge in [0.15, 0.2) is 0 Å². The maximum Gasteiger partial charge on any atom is 2.00 e. The zero-order valence-electron chi connectivity index (χ0n) is 2.26. The van der Waals surface area contributed by atoms with E-state index in [2.05, 4.69) is 0 Å². The topological polar surface area (TPSA) is 63.0 Å². The van der Waals surface area contributed by atoms with E-state index < -0.39 is 0 Å². The molecular formula is H4Cl2O2Zr. The van der Waals surface area contributed by atoms with Gasteiger partial charge in [0.25, 0.3) is 0 Å². The van der Waals surface area contributed by atoms with Crippen LogP contribution in [0.5, 0.6) is 0 Å². The smallest absolute Gasteiger partial charge is 1.00 e. The Morgan fingerprint density at radius 3 is 0.600 bits per heavy atom. The molecule has 0 fully saturated rings. The summed E-state index contributed by atoms with van der Waals surface area (Å²) in [5.41, 5.74) is 0. The SMILES string of the molecule is O.O.[Cl-].[Cl-].[Zr+2]. The number of rotatable bonds is 0. The molecule has 0 spiro atoms. The molecule has 0 aromatic carbocycles. The summed E-state index contributed by atoms with van der Waals surface area (Å²) in [5, 5.41) is 0. The Hall–Kier alpha value is 1.38. The summed E-state index contributed by atoms with van der Waals surface area (Å²) < 4.78 is 0. The number of hydrogen-bond donors (Lipinski definition) is 0. The first-order chi connectivity index (χ1) is 0. The zero-order chi connectivity index (χ0) is 0. The van der Waals surface area contributed by atoms with Gasteiger partial charge in [0.05, 0.1) is 0 Å². The molecule has 0 aromatic rings. The molecule has 0 radical (unpaired) electrons. The molecule has 34 valence electrons. The van der Waals surface area contributed by atoms with Gasteiger partial charge in [-0.25, -0.2) is 0 Å². The van der Waals surface area contributed by atoms with Gasteiger partial charge in [-0.3, -0.25) is 0 Å². The molecule has 0 bridgehead atoms. The summed E-state index contributed by atoms with van der Waals surface area (Å²) in [6.07, 6.45) is 0. The van der Waals surface area contributed by atoms with Crippen LogP contribution in [0, 0.1) is 0 Å². The molecule has 0 heterocycles. The van der Waals surface area contributed by atoms with Crippen LogP contribution >= 0.6 is 0 Å². The van der Waals surface area contributed by atoms with E-state index in [1.54, 1.807) is 0 Å². The van der Waals surface area contributed by atoms with E-state index in [1.807, 2.05) is 0 Å². The third kappa shape index (κ3) is 32.2. The summed E-state index contributed by atoms with van der Waals surface area (Å²) >= 11 is 0. The van der Waals surface area contributed by atoms with Crippen molar-refractivity contribution in [2.45, 2.75) is 0 Å². The van der Waals surface area contributed by atoms with Gasteiger partial charge in [-0.15, -0.1) is 0 Å². The third-order valence-corrected chi connectivity index (χ3v) is 0. The van der Waals surface area contributed by atoms with Crippen LogP contribution < -0.4 is 24.8 Å². The van der Waals surface area contributed by atoms with E-state index in [9.17, 15) is 0 Å². The van der Waals surface area contributed by atoms with Crippen molar-refractivity contribution in [1.82, 2.24) is 0 Å². The van der Waals surface area contributed by atoms with Crippen molar-refractivity contribution in [3.63, 3.8) is 0 Å². The Bertz CT molecular complexity index is 7.61. The molecule has 0 aliphatic heterocycles. The fourth-order valence-electron chi connectivity index (χ4n) is 0. The third-order valence-electron chi connectivity index (χ3n) is 0. The molecule has 0 saturated carbocycles. The predicted molar refractivity (Wildman–Crippen MR) is 7.23 cm³/mol. The molecule has 0 aromatic heterocycles. The number of hydrogen-bond acceptors (Lipinski definition) is 0. The number of halogens is 2. The van der Waals surface area contributed by atoms with E-state index >= 15 is 0 Å². The monoisotopic (exact) mass is 196 g/mol. The summed E-state index contributed by atoms with van der Waals surface area (Å²) in [7, 11) is 0. The minimum atomic E-state index is 0. The molecule has 0 saturated heterocycles. The Balaban J connectivity index is 0. The van der Waals surface area contributed by atoms with Gasteiger partial charge in [0.1, 0.15) is 0 Å². The van der Waals surface area contributed by atoms with Gasteiger partial charge >= 0.3 is 26.2 Å². The second-order valence-corrected chi connectivity index (χ2v) is 0. The first-order valence-corrected chi connectivity index (χ1v) is 0. The van der Waals surface area contributed by atoms with E-state index in [4.69, 9.17) is 0 Å². The summed E-state index contributed by atoms with van der Waals surface area (Å²) in [6, 6.07) is 0. The van der Waals surface area contributed by atoms with Gasteiger partial charge in [0, 0.05) is 0 Å². The summed E-state index contributed by atoms with van der Waals surface area (Å²) in [6.45, 7) is 0. The average molecular weight is 198 g/mol. The first kappa shape index (κ1) is 96.7.